The van der Waals surface area contributed by atoms with Crippen LogP contribution in [0.3, 0.4) is 0 Å². The Morgan fingerprint density at radius 2 is 1.32 bits per heavy atom. The number of carbonyl (C=O) groups excluding carboxylic acids is 1. The maximum absolute atomic E-state index is 13.3. The number of rotatable bonds is 21. The lowest BCUT2D eigenvalue weighted by molar-refractivity contribution is 0.0697. The molecule has 1 unspecified atom stereocenters. The zero-order chi connectivity index (χ0) is 50.7. The summed E-state index contributed by atoms with van der Waals surface area (Å²) in [6, 6.07) is 31.1. The van der Waals surface area contributed by atoms with E-state index in [0.29, 0.717) is 52.6 Å². The summed E-state index contributed by atoms with van der Waals surface area (Å²) in [7, 11) is 0. The van der Waals surface area contributed by atoms with E-state index in [9.17, 15) is 24.6 Å². The van der Waals surface area contributed by atoms with Crippen molar-refractivity contribution < 1.29 is 33.7 Å². The van der Waals surface area contributed by atoms with Crippen molar-refractivity contribution in [1.82, 2.24) is 10.2 Å². The lowest BCUT2D eigenvalue weighted by Gasteiger charge is -2.44. The van der Waals surface area contributed by atoms with E-state index in [0.717, 1.165) is 62.0 Å². The third-order valence-corrected chi connectivity index (χ3v) is 15.7. The molecule has 2 heterocycles. The van der Waals surface area contributed by atoms with Gasteiger partial charge in [0.25, 0.3) is 5.91 Å². The number of nitrogens with zero attached hydrogens (tertiary/aromatic N) is 1. The minimum absolute atomic E-state index is 0.0319. The Morgan fingerprint density at radius 3 is 2.00 bits per heavy atom. The van der Waals surface area contributed by atoms with Crippen LogP contribution < -0.4 is 20.2 Å². The average molecular weight is 987 g/mol. The van der Waals surface area contributed by atoms with Gasteiger partial charge < -0.3 is 34.3 Å². The molecule has 5 aliphatic rings. The Bertz CT molecular complexity index is 2870. The quantitative estimate of drug-likeness (QED) is 0.0475. The van der Waals surface area contributed by atoms with Crippen LogP contribution in [-0.4, -0.2) is 66.4 Å². The summed E-state index contributed by atoms with van der Waals surface area (Å²) in [5.74, 6) is 3.20. The summed E-state index contributed by atoms with van der Waals surface area (Å²) in [6.07, 6.45) is 19.1. The molecule has 4 aromatic rings. The lowest BCUT2D eigenvalue weighted by atomic mass is 9.61. The maximum atomic E-state index is 13.3. The molecule has 10 heteroatoms. The molecule has 2 saturated carbocycles. The van der Waals surface area contributed by atoms with Crippen molar-refractivity contribution in [3.05, 3.63) is 141 Å². The molecule has 0 spiro atoms. The molecule has 3 fully saturated rings. The van der Waals surface area contributed by atoms with Crippen LogP contribution in [0.2, 0.25) is 0 Å². The topological polar surface area (TPSA) is 139 Å². The molecule has 4 atom stereocenters. The van der Waals surface area contributed by atoms with E-state index in [2.05, 4.69) is 72.6 Å². The third-order valence-electron chi connectivity index (χ3n) is 15.7. The fraction of sp³-hybridized carbons (Fsp3) is 0.444. The van der Waals surface area contributed by atoms with Crippen LogP contribution in [-0.2, 0) is 0 Å². The van der Waals surface area contributed by atoms with Gasteiger partial charge in [-0.15, -0.1) is 0 Å². The number of fused-ring (bicyclic) bond motifs is 4. The Hall–Kier alpha value is -6.39. The van der Waals surface area contributed by atoms with Crippen molar-refractivity contribution in [3.8, 4) is 39.7 Å². The van der Waals surface area contributed by atoms with Gasteiger partial charge in [0.1, 0.15) is 28.6 Å². The monoisotopic (exact) mass is 987 g/mol. The van der Waals surface area contributed by atoms with Crippen molar-refractivity contribution in [1.29, 1.82) is 0 Å². The van der Waals surface area contributed by atoms with Crippen LogP contribution in [0.4, 0.5) is 0 Å². The summed E-state index contributed by atoms with van der Waals surface area (Å²) in [4.78, 5) is 40.8. The molecule has 3 aliphatic carbocycles. The van der Waals surface area contributed by atoms with E-state index in [1.165, 1.54) is 137 Å². The van der Waals surface area contributed by atoms with Gasteiger partial charge in [0, 0.05) is 40.8 Å². The molecule has 0 radical (unpaired) electrons. The second kappa shape index (κ2) is 24.6. The van der Waals surface area contributed by atoms with Crippen molar-refractivity contribution in [2.45, 2.75) is 117 Å². The summed E-state index contributed by atoms with van der Waals surface area (Å²) >= 11 is 0. The van der Waals surface area contributed by atoms with Crippen molar-refractivity contribution in [2.75, 3.05) is 39.4 Å². The van der Waals surface area contributed by atoms with Crippen LogP contribution in [0.1, 0.15) is 148 Å². The standard InChI is InChI=1S/C63H74N2O8/c1-42-35-44-37-43(2)59(48(36-42)38-44)60(46-17-24-52(25-18-46)72-34-14-8-6-12-32-65-30-10-4-5-11-31-65)45-15-22-51(23-16-45)71-33-13-7-3-9-29-64-62(68)47-19-26-53(56(39-47)63(69)70)61-54-27-20-49(66)40-57(54)73-58-41-50(67)21-28-55(58)61/h15-28,39-44,48,66H,3-14,29-38H2,1-2H3,(H,64,68)(H,69,70)/b60-59-/t42-,43-,44-,48?/m0/s1. The number of aromatic carboxylic acids is 1. The smallest absolute Gasteiger partial charge is 0.336 e. The van der Waals surface area contributed by atoms with Crippen molar-refractivity contribution >= 4 is 28.4 Å². The molecule has 1 amide bonds. The number of carboxylic acids is 1. The van der Waals surface area contributed by atoms with Gasteiger partial charge >= 0.3 is 5.97 Å². The Morgan fingerprint density at radius 1 is 0.671 bits per heavy atom. The first-order chi connectivity index (χ1) is 35.6. The number of benzene rings is 5. The first-order valence-corrected chi connectivity index (χ1v) is 27.4. The van der Waals surface area contributed by atoms with E-state index >= 15 is 0 Å². The molecule has 1 saturated heterocycles. The normalized spacial score (nSPS) is 19.9. The molecule has 384 valence electrons. The van der Waals surface area contributed by atoms with E-state index < -0.39 is 5.97 Å². The van der Waals surface area contributed by atoms with Gasteiger partial charge in [0.05, 0.1) is 18.8 Å². The highest BCUT2D eigenvalue weighted by atomic mass is 16.5. The number of aromatic hydroxyl groups is 1. The number of hydrogen-bond acceptors (Lipinski definition) is 8. The summed E-state index contributed by atoms with van der Waals surface area (Å²) < 4.78 is 18.5. The highest BCUT2D eigenvalue weighted by molar-refractivity contribution is 6.09. The van der Waals surface area contributed by atoms with Crippen molar-refractivity contribution in [2.24, 2.45) is 23.7 Å². The Balaban J connectivity index is 0.756. The van der Waals surface area contributed by atoms with Gasteiger partial charge in [-0.05, 0) is 190 Å². The van der Waals surface area contributed by atoms with Gasteiger partial charge in [-0.25, -0.2) is 4.79 Å². The van der Waals surface area contributed by atoms with Crippen LogP contribution >= 0.6 is 0 Å². The molecule has 2 aliphatic heterocycles. The second-order valence-electron chi connectivity index (χ2n) is 21.3. The molecule has 10 nitrogen and oxygen atoms in total. The van der Waals surface area contributed by atoms with Gasteiger partial charge in [-0.3, -0.25) is 9.59 Å². The second-order valence-corrected chi connectivity index (χ2v) is 21.3. The van der Waals surface area contributed by atoms with Gasteiger partial charge in [-0.2, -0.15) is 0 Å². The van der Waals surface area contributed by atoms with E-state index in [-0.39, 0.29) is 34.0 Å². The fourth-order valence-electron chi connectivity index (χ4n) is 12.3. The molecular weight excluding hydrogens is 913 g/mol. The predicted octanol–water partition coefficient (Wildman–Crippen LogP) is 14.0. The van der Waals surface area contributed by atoms with E-state index in [4.69, 9.17) is 13.9 Å². The zero-order valence-electron chi connectivity index (χ0n) is 43.0. The highest BCUT2D eigenvalue weighted by Crippen LogP contribution is 2.51. The Kier molecular flexibility index (Phi) is 17.3. The molecule has 2 bridgehead atoms. The predicted molar refractivity (Wildman–Crippen MR) is 291 cm³/mol. The van der Waals surface area contributed by atoms with Gasteiger partial charge in [0.15, 0.2) is 5.43 Å². The van der Waals surface area contributed by atoms with E-state index in [1.807, 2.05) is 0 Å². The number of nitrogens with one attached hydrogen (secondary N) is 1. The van der Waals surface area contributed by atoms with E-state index in [1.54, 1.807) is 29.8 Å². The minimum atomic E-state index is -1.20. The molecule has 0 aromatic heterocycles. The first-order valence-electron chi connectivity index (χ1n) is 27.4. The number of unbranched alkanes of at least 4 members (excludes halogenated alkanes) is 6. The lowest BCUT2D eigenvalue weighted by Crippen LogP contribution is -2.32. The highest BCUT2D eigenvalue weighted by Gasteiger charge is 2.38. The number of phenolic OH excluding ortho intramolecular Hbond substituents is 1. The number of carboxylic acid groups (broad SMARTS) is 1. The number of likely N-dealkylation sites (tertiary alicyclic amines) is 1. The zero-order valence-corrected chi connectivity index (χ0v) is 43.0. The summed E-state index contributed by atoms with van der Waals surface area (Å²) in [5, 5.41) is 24.0. The number of phenols is 1. The third kappa shape index (κ3) is 13.1. The molecule has 73 heavy (non-hydrogen) atoms. The molecule has 3 N–H and O–H groups in total. The number of amides is 1. The summed E-state index contributed by atoms with van der Waals surface area (Å²) in [5.41, 5.74) is 7.14. The minimum Gasteiger partial charge on any atom is -0.508 e. The number of allylic oxidation sites excluding steroid dienone is 1. The van der Waals surface area contributed by atoms with Crippen LogP contribution in [0.25, 0.3) is 39.0 Å². The molecule has 9 rings (SSSR count). The SMILES string of the molecule is C[C@@H]1CC2C[C@@H](C1)C[C@H](C)/C2=C(\c1ccc(OCCCCCCNC(=O)c2ccc(-c3c4ccc(=O)cc-4oc4cc(O)ccc34)c(C(=O)O)c2)cc1)c1ccc(OCCCCCCN2CCCCCC2)cc1. The number of carbonyl (C=O) groups is 2. The van der Waals surface area contributed by atoms with Crippen LogP contribution in [0.5, 0.6) is 17.2 Å². The van der Waals surface area contributed by atoms with Crippen molar-refractivity contribution in [3.63, 3.8) is 0 Å². The fourth-order valence-corrected chi connectivity index (χ4v) is 12.3. The average Bonchev–Trinajstić information content (AvgIpc) is 3.66. The van der Waals surface area contributed by atoms with Gasteiger partial charge in [0.2, 0.25) is 0 Å². The Labute approximate surface area is 431 Å². The summed E-state index contributed by atoms with van der Waals surface area (Å²) in [6.45, 7) is 10.5. The van der Waals surface area contributed by atoms with Gasteiger partial charge in [-0.1, -0.05) is 88.3 Å². The van der Waals surface area contributed by atoms with Crippen LogP contribution in [0.15, 0.2) is 118 Å². The number of hydrogen-bond donors (Lipinski definition) is 3. The largest absolute Gasteiger partial charge is 0.508 e. The number of ether oxygens (including phenoxy) is 2. The van der Waals surface area contributed by atoms with Crippen LogP contribution in [0, 0.1) is 23.7 Å². The molecular formula is C63H74N2O8. The first kappa shape index (κ1) is 51.5. The molecule has 4 aromatic carbocycles. The maximum Gasteiger partial charge on any atom is 0.336 e.